The molecule has 0 aliphatic rings. The third-order valence-electron chi connectivity index (χ3n) is 2.88. The van der Waals surface area contributed by atoms with Gasteiger partial charge < -0.3 is 14.6 Å². The van der Waals surface area contributed by atoms with Gasteiger partial charge in [-0.15, -0.1) is 0 Å². The number of rotatable bonds is 6. The predicted molar refractivity (Wildman–Crippen MR) is 78.8 cm³/mol. The molecule has 0 atom stereocenters. The van der Waals surface area contributed by atoms with Crippen molar-refractivity contribution >= 4 is 11.6 Å². The summed E-state index contributed by atoms with van der Waals surface area (Å²) in [6.07, 6.45) is 3.33. The van der Waals surface area contributed by atoms with Gasteiger partial charge in [0, 0.05) is 19.6 Å². The molecule has 5 nitrogen and oxygen atoms in total. The van der Waals surface area contributed by atoms with Gasteiger partial charge in [0.05, 0.1) is 18.1 Å². The van der Waals surface area contributed by atoms with Crippen LogP contribution >= 0.6 is 11.6 Å². The second kappa shape index (κ2) is 6.72. The van der Waals surface area contributed by atoms with Crippen LogP contribution in [-0.2, 0) is 20.2 Å². The molecule has 108 valence electrons. The van der Waals surface area contributed by atoms with E-state index in [0.29, 0.717) is 17.8 Å². The maximum absolute atomic E-state index is 5.92. The summed E-state index contributed by atoms with van der Waals surface area (Å²) in [4.78, 5) is 8.52. The molecular formula is C14H19ClN4O. The fourth-order valence-corrected chi connectivity index (χ4v) is 1.76. The number of aromatic nitrogens is 3. The minimum Gasteiger partial charge on any atom is -0.484 e. The summed E-state index contributed by atoms with van der Waals surface area (Å²) >= 11 is 5.92. The van der Waals surface area contributed by atoms with E-state index >= 15 is 0 Å². The van der Waals surface area contributed by atoms with Crippen LogP contribution in [0.1, 0.15) is 25.4 Å². The highest BCUT2D eigenvalue weighted by Gasteiger charge is 2.05. The molecule has 2 aromatic heterocycles. The van der Waals surface area contributed by atoms with Gasteiger partial charge in [-0.3, -0.25) is 4.98 Å². The lowest BCUT2D eigenvalue weighted by Gasteiger charge is -2.09. The highest BCUT2D eigenvalue weighted by atomic mass is 35.5. The van der Waals surface area contributed by atoms with Crippen molar-refractivity contribution in [2.24, 2.45) is 7.05 Å². The number of hydrogen-bond donors (Lipinski definition) is 1. The average molecular weight is 295 g/mol. The van der Waals surface area contributed by atoms with Gasteiger partial charge in [0.2, 0.25) is 0 Å². The number of ether oxygens (including phenoxy) is 1. The number of imidazole rings is 1. The SMILES string of the molecule is CC(C)NCc1ccc(OCc2ncc(Cl)n2C)cn1. The van der Waals surface area contributed by atoms with Crippen molar-refractivity contribution < 1.29 is 4.74 Å². The normalized spacial score (nSPS) is 11.1. The predicted octanol–water partition coefficient (Wildman–Crippen LogP) is 2.55. The van der Waals surface area contributed by atoms with Crippen molar-refractivity contribution in [2.45, 2.75) is 33.0 Å². The molecule has 0 radical (unpaired) electrons. The van der Waals surface area contributed by atoms with Gasteiger partial charge in [-0.25, -0.2) is 4.98 Å². The van der Waals surface area contributed by atoms with Crippen molar-refractivity contribution in [1.82, 2.24) is 19.9 Å². The molecule has 2 aromatic rings. The first-order valence-electron chi connectivity index (χ1n) is 6.53. The number of pyridine rings is 1. The van der Waals surface area contributed by atoms with Crippen molar-refractivity contribution in [1.29, 1.82) is 0 Å². The zero-order valence-corrected chi connectivity index (χ0v) is 12.7. The Hall–Kier alpha value is -1.59. The summed E-state index contributed by atoms with van der Waals surface area (Å²) in [6.45, 7) is 5.34. The second-order valence-electron chi connectivity index (χ2n) is 4.87. The average Bonchev–Trinajstić information content (AvgIpc) is 2.75. The first-order valence-corrected chi connectivity index (χ1v) is 6.91. The smallest absolute Gasteiger partial charge is 0.147 e. The molecule has 0 unspecified atom stereocenters. The number of halogens is 1. The van der Waals surface area contributed by atoms with E-state index in [0.717, 1.165) is 23.8 Å². The Labute approximate surface area is 124 Å². The lowest BCUT2D eigenvalue weighted by Crippen LogP contribution is -2.22. The van der Waals surface area contributed by atoms with Crippen LogP contribution in [0, 0.1) is 0 Å². The first kappa shape index (κ1) is 14.8. The van der Waals surface area contributed by atoms with Crippen molar-refractivity contribution in [3.63, 3.8) is 0 Å². The Bertz CT molecular complexity index is 551. The first-order chi connectivity index (χ1) is 9.56. The van der Waals surface area contributed by atoms with Gasteiger partial charge in [-0.05, 0) is 12.1 Å². The summed E-state index contributed by atoms with van der Waals surface area (Å²) in [6, 6.07) is 4.31. The van der Waals surface area contributed by atoms with Crippen LogP contribution in [-0.4, -0.2) is 20.6 Å². The highest BCUT2D eigenvalue weighted by molar-refractivity contribution is 6.29. The second-order valence-corrected chi connectivity index (χ2v) is 5.25. The molecule has 0 saturated heterocycles. The number of nitrogens with one attached hydrogen (secondary N) is 1. The molecule has 0 amide bonds. The molecule has 0 saturated carbocycles. The molecular weight excluding hydrogens is 276 g/mol. The van der Waals surface area contributed by atoms with Gasteiger partial charge in [-0.2, -0.15) is 0 Å². The zero-order chi connectivity index (χ0) is 14.5. The van der Waals surface area contributed by atoms with Crippen LogP contribution in [0.3, 0.4) is 0 Å². The van der Waals surface area contributed by atoms with Crippen LogP contribution < -0.4 is 10.1 Å². The lowest BCUT2D eigenvalue weighted by atomic mass is 10.3. The van der Waals surface area contributed by atoms with E-state index in [9.17, 15) is 0 Å². The van der Waals surface area contributed by atoms with Gasteiger partial charge in [0.15, 0.2) is 0 Å². The topological polar surface area (TPSA) is 52.0 Å². The van der Waals surface area contributed by atoms with E-state index in [2.05, 4.69) is 29.1 Å². The quantitative estimate of drug-likeness (QED) is 0.889. The molecule has 0 aromatic carbocycles. The molecule has 0 spiro atoms. The van der Waals surface area contributed by atoms with Crippen LogP contribution in [0.25, 0.3) is 0 Å². The summed E-state index contributed by atoms with van der Waals surface area (Å²) < 4.78 is 7.43. The fourth-order valence-electron chi connectivity index (χ4n) is 1.62. The summed E-state index contributed by atoms with van der Waals surface area (Å²) in [5.41, 5.74) is 0.992. The Morgan fingerprint density at radius 3 is 2.65 bits per heavy atom. The Kier molecular flexibility index (Phi) is 4.98. The largest absolute Gasteiger partial charge is 0.484 e. The standard InChI is InChI=1S/C14H19ClN4O/c1-10(2)16-6-11-4-5-12(7-17-11)20-9-14-18-8-13(15)19(14)3/h4-5,7-8,10,16H,6,9H2,1-3H3. The minimum atomic E-state index is 0.370. The monoisotopic (exact) mass is 294 g/mol. The minimum absolute atomic E-state index is 0.370. The van der Waals surface area contributed by atoms with Gasteiger partial charge in [0.25, 0.3) is 0 Å². The molecule has 20 heavy (non-hydrogen) atoms. The van der Waals surface area contributed by atoms with E-state index < -0.39 is 0 Å². The van der Waals surface area contributed by atoms with Crippen LogP contribution in [0.4, 0.5) is 0 Å². The summed E-state index contributed by atoms with van der Waals surface area (Å²) in [7, 11) is 1.85. The summed E-state index contributed by atoms with van der Waals surface area (Å²) in [5, 5.41) is 3.91. The molecule has 6 heteroatoms. The van der Waals surface area contributed by atoms with E-state index in [1.54, 1.807) is 17.0 Å². The van der Waals surface area contributed by atoms with E-state index in [1.807, 2.05) is 19.2 Å². The Morgan fingerprint density at radius 2 is 2.10 bits per heavy atom. The van der Waals surface area contributed by atoms with Crippen LogP contribution in [0.2, 0.25) is 5.15 Å². The molecule has 0 aliphatic carbocycles. The fraction of sp³-hybridized carbons (Fsp3) is 0.429. The maximum Gasteiger partial charge on any atom is 0.147 e. The van der Waals surface area contributed by atoms with Gasteiger partial charge in [0.1, 0.15) is 23.3 Å². The van der Waals surface area contributed by atoms with Crippen molar-refractivity contribution in [3.05, 3.63) is 41.2 Å². The Morgan fingerprint density at radius 1 is 1.30 bits per heavy atom. The van der Waals surface area contributed by atoms with Crippen molar-refractivity contribution in [3.8, 4) is 5.75 Å². The Balaban J connectivity index is 1.89. The molecule has 2 rings (SSSR count). The summed E-state index contributed by atoms with van der Waals surface area (Å²) in [5.74, 6) is 1.50. The van der Waals surface area contributed by atoms with Crippen LogP contribution in [0.5, 0.6) is 5.75 Å². The molecule has 1 N–H and O–H groups in total. The van der Waals surface area contributed by atoms with E-state index in [4.69, 9.17) is 16.3 Å². The molecule has 0 bridgehead atoms. The number of hydrogen-bond acceptors (Lipinski definition) is 4. The van der Waals surface area contributed by atoms with Gasteiger partial charge >= 0.3 is 0 Å². The van der Waals surface area contributed by atoms with Crippen LogP contribution in [0.15, 0.2) is 24.5 Å². The zero-order valence-electron chi connectivity index (χ0n) is 11.9. The molecule has 2 heterocycles. The van der Waals surface area contributed by atoms with Gasteiger partial charge in [-0.1, -0.05) is 25.4 Å². The third-order valence-corrected chi connectivity index (χ3v) is 3.24. The maximum atomic E-state index is 5.92. The molecule has 0 aliphatic heterocycles. The highest BCUT2D eigenvalue weighted by Crippen LogP contribution is 2.14. The van der Waals surface area contributed by atoms with E-state index in [1.165, 1.54) is 0 Å². The molecule has 0 fully saturated rings. The third kappa shape index (κ3) is 3.95. The number of nitrogens with zero attached hydrogens (tertiary/aromatic N) is 3. The van der Waals surface area contributed by atoms with E-state index in [-0.39, 0.29) is 0 Å². The lowest BCUT2D eigenvalue weighted by molar-refractivity contribution is 0.290. The van der Waals surface area contributed by atoms with Crippen molar-refractivity contribution in [2.75, 3.05) is 0 Å².